The zero-order valence-corrected chi connectivity index (χ0v) is 13.2. The van der Waals surface area contributed by atoms with Crippen molar-refractivity contribution in [3.63, 3.8) is 0 Å². The van der Waals surface area contributed by atoms with Crippen molar-refractivity contribution >= 4 is 11.6 Å². The van der Waals surface area contributed by atoms with E-state index in [-0.39, 0.29) is 5.75 Å². The molecule has 0 saturated heterocycles. The van der Waals surface area contributed by atoms with Crippen molar-refractivity contribution in [2.24, 2.45) is 5.10 Å². The van der Waals surface area contributed by atoms with E-state index in [4.69, 9.17) is 0 Å². The largest absolute Gasteiger partial charge is 0.872 e. The number of hydrogen-bond acceptors (Lipinski definition) is 5. The number of hydrogen-bond donors (Lipinski definition) is 2. The molecular weight excluding hydrogens is 324 g/mol. The molecule has 0 saturated carbocycles. The molecule has 3 rings (SSSR count). The molecule has 0 fully saturated rings. The molecule has 0 aliphatic heterocycles. The molecule has 0 spiro atoms. The van der Waals surface area contributed by atoms with Crippen LogP contribution in [-0.4, -0.2) is 16.9 Å². The first-order chi connectivity index (χ1) is 12.0. The Bertz CT molecular complexity index is 969. The number of hydrazone groups is 1. The highest BCUT2D eigenvalue weighted by Crippen LogP contribution is 2.07. The van der Waals surface area contributed by atoms with Gasteiger partial charge in [-0.1, -0.05) is 24.3 Å². The molecule has 25 heavy (non-hydrogen) atoms. The number of H-pyrrole nitrogens is 1. The van der Waals surface area contributed by atoms with Crippen molar-refractivity contribution in [2.45, 2.75) is 6.92 Å². The van der Waals surface area contributed by atoms with Crippen LogP contribution in [0, 0.1) is 0 Å². The molecule has 0 bridgehead atoms. The fourth-order valence-corrected chi connectivity index (χ4v) is 2.11. The molecule has 8 nitrogen and oxygen atoms in total. The maximum Gasteiger partial charge on any atom is 0.427 e. The normalized spacial score (nSPS) is 11.3. The standard InChI is InChI=1S/C17H14N4O4/c1-11(18-19-17(24)13-4-8-15(22)9-5-13)12-2-6-14(7-3-12)21-10-16(23)25-20-21/h2-10H,1H3,(H2-,19,20,22,23,24). The third-order valence-electron chi connectivity index (χ3n) is 3.48. The Morgan fingerprint density at radius 3 is 2.36 bits per heavy atom. The Morgan fingerprint density at radius 2 is 1.76 bits per heavy atom. The molecule has 0 aliphatic rings. The summed E-state index contributed by atoms with van der Waals surface area (Å²) in [5, 5.41) is 17.5. The second-order valence-electron chi connectivity index (χ2n) is 5.22. The molecular formula is C17H14N4O4. The number of rotatable bonds is 4. The minimum Gasteiger partial charge on any atom is -0.872 e. The molecule has 1 amide bonds. The summed E-state index contributed by atoms with van der Waals surface area (Å²) < 4.78 is 6.05. The van der Waals surface area contributed by atoms with Crippen molar-refractivity contribution in [2.75, 3.05) is 0 Å². The Hall–Kier alpha value is -3.68. The van der Waals surface area contributed by atoms with Crippen molar-refractivity contribution < 1.29 is 19.1 Å². The lowest BCUT2D eigenvalue weighted by Crippen LogP contribution is -2.32. The van der Waals surface area contributed by atoms with Gasteiger partial charge in [-0.25, -0.2) is 10.2 Å². The molecule has 0 unspecified atom stereocenters. The Kier molecular flexibility index (Phi) is 4.42. The van der Waals surface area contributed by atoms with Crippen LogP contribution in [0.1, 0.15) is 22.8 Å². The summed E-state index contributed by atoms with van der Waals surface area (Å²) in [7, 11) is 0. The number of nitrogens with one attached hydrogen (secondary N) is 2. The van der Waals surface area contributed by atoms with Crippen LogP contribution in [0.15, 0.2) is 69.1 Å². The first-order valence-electron chi connectivity index (χ1n) is 7.35. The van der Waals surface area contributed by atoms with Crippen LogP contribution in [0.5, 0.6) is 5.75 Å². The van der Waals surface area contributed by atoms with Crippen LogP contribution < -0.4 is 20.8 Å². The van der Waals surface area contributed by atoms with Crippen LogP contribution in [0.2, 0.25) is 0 Å². The fraction of sp³-hybridized carbons (Fsp3) is 0.0588. The minimum atomic E-state index is -0.477. The van der Waals surface area contributed by atoms with Gasteiger partial charge in [0.15, 0.2) is 0 Å². The smallest absolute Gasteiger partial charge is 0.427 e. The number of aromatic amines is 1. The van der Waals surface area contributed by atoms with Gasteiger partial charge >= 0.3 is 5.63 Å². The third-order valence-corrected chi connectivity index (χ3v) is 3.48. The molecule has 0 atom stereocenters. The van der Waals surface area contributed by atoms with Crippen LogP contribution >= 0.6 is 0 Å². The van der Waals surface area contributed by atoms with E-state index in [1.807, 2.05) is 0 Å². The number of benzene rings is 2. The quantitative estimate of drug-likeness (QED) is 0.409. The van der Waals surface area contributed by atoms with E-state index in [1.165, 1.54) is 35.1 Å². The van der Waals surface area contributed by atoms with E-state index in [0.717, 1.165) is 5.56 Å². The van der Waals surface area contributed by atoms with Crippen molar-refractivity contribution in [3.05, 3.63) is 76.3 Å². The SMILES string of the molecule is C/C(=N\NC(=O)c1ccc([O-])cc1)c1ccc(-[n+]2cc(=O)o[nH]2)cc1. The van der Waals surface area contributed by atoms with Crippen molar-refractivity contribution in [1.82, 2.24) is 10.7 Å². The number of carbonyl (C=O) groups excluding carboxylic acids is 1. The highest BCUT2D eigenvalue weighted by Gasteiger charge is 2.10. The molecule has 0 radical (unpaired) electrons. The molecule has 2 N–H and O–H groups in total. The van der Waals surface area contributed by atoms with Crippen molar-refractivity contribution in [1.29, 1.82) is 0 Å². The van der Waals surface area contributed by atoms with Gasteiger partial charge in [-0.05, 0) is 34.6 Å². The van der Waals surface area contributed by atoms with Gasteiger partial charge in [0.2, 0.25) is 5.69 Å². The predicted molar refractivity (Wildman–Crippen MR) is 86.4 cm³/mol. The van der Waals surface area contributed by atoms with Gasteiger partial charge in [0.05, 0.1) is 5.71 Å². The van der Waals surface area contributed by atoms with Gasteiger partial charge in [-0.3, -0.25) is 9.32 Å². The second kappa shape index (κ2) is 6.83. The highest BCUT2D eigenvalue weighted by atomic mass is 16.5. The average molecular weight is 338 g/mol. The fourth-order valence-electron chi connectivity index (χ4n) is 2.11. The van der Waals surface area contributed by atoms with E-state index in [0.29, 0.717) is 17.0 Å². The summed E-state index contributed by atoms with van der Waals surface area (Å²) in [6, 6.07) is 12.7. The molecule has 3 aromatic rings. The zero-order valence-electron chi connectivity index (χ0n) is 13.2. The lowest BCUT2D eigenvalue weighted by molar-refractivity contribution is -0.670. The number of carbonyl (C=O) groups is 1. The van der Waals surface area contributed by atoms with Crippen LogP contribution in [0.3, 0.4) is 0 Å². The van der Waals surface area contributed by atoms with Gasteiger partial charge < -0.3 is 5.11 Å². The molecule has 2 aromatic carbocycles. The minimum absolute atomic E-state index is 0.159. The van der Waals surface area contributed by atoms with E-state index < -0.39 is 11.5 Å². The summed E-state index contributed by atoms with van der Waals surface area (Å²) in [6.45, 7) is 1.75. The molecule has 1 heterocycles. The summed E-state index contributed by atoms with van der Waals surface area (Å²) in [6.07, 6.45) is 1.28. The van der Waals surface area contributed by atoms with Gasteiger partial charge in [-0.2, -0.15) is 5.10 Å². The molecule has 0 aliphatic carbocycles. The van der Waals surface area contributed by atoms with E-state index in [9.17, 15) is 14.7 Å². The van der Waals surface area contributed by atoms with Gasteiger partial charge in [0.25, 0.3) is 12.1 Å². The summed E-state index contributed by atoms with van der Waals surface area (Å²) in [5.74, 6) is -0.560. The number of nitrogens with zero attached hydrogens (tertiary/aromatic N) is 2. The topological polar surface area (TPSA) is 114 Å². The highest BCUT2D eigenvalue weighted by molar-refractivity contribution is 6.00. The van der Waals surface area contributed by atoms with Crippen LogP contribution in [-0.2, 0) is 0 Å². The maximum absolute atomic E-state index is 12.0. The van der Waals surface area contributed by atoms with Crippen LogP contribution in [0.4, 0.5) is 0 Å². The first kappa shape index (κ1) is 16.2. The number of amides is 1. The Morgan fingerprint density at radius 1 is 1.12 bits per heavy atom. The number of aromatic nitrogens is 2. The summed E-state index contributed by atoms with van der Waals surface area (Å²) >= 11 is 0. The Labute approximate surface area is 142 Å². The van der Waals surface area contributed by atoms with Gasteiger partial charge in [0.1, 0.15) is 0 Å². The molecule has 8 heteroatoms. The Balaban J connectivity index is 1.70. The van der Waals surface area contributed by atoms with Crippen LogP contribution in [0.25, 0.3) is 5.69 Å². The van der Waals surface area contributed by atoms with E-state index in [2.05, 4.69) is 20.3 Å². The molecule has 126 valence electrons. The second-order valence-corrected chi connectivity index (χ2v) is 5.22. The lowest BCUT2D eigenvalue weighted by atomic mass is 10.1. The lowest BCUT2D eigenvalue weighted by Gasteiger charge is -2.06. The van der Waals surface area contributed by atoms with E-state index in [1.54, 1.807) is 31.2 Å². The maximum atomic E-state index is 12.0. The summed E-state index contributed by atoms with van der Waals surface area (Å²) in [4.78, 5) is 23.0. The van der Waals surface area contributed by atoms with Gasteiger partial charge in [0, 0.05) is 17.7 Å². The van der Waals surface area contributed by atoms with Gasteiger partial charge in [-0.15, -0.1) is 5.75 Å². The molecule has 1 aromatic heterocycles. The predicted octanol–water partition coefficient (Wildman–Crippen LogP) is 0.472. The monoisotopic (exact) mass is 338 g/mol. The average Bonchev–Trinajstić information content (AvgIpc) is 3.06. The first-order valence-corrected chi connectivity index (χ1v) is 7.35. The van der Waals surface area contributed by atoms with Crippen molar-refractivity contribution in [3.8, 4) is 11.4 Å². The third kappa shape index (κ3) is 3.81. The van der Waals surface area contributed by atoms with E-state index >= 15 is 0 Å². The zero-order chi connectivity index (χ0) is 17.8. The summed E-state index contributed by atoms with van der Waals surface area (Å²) in [5.41, 5.74) is 4.43.